The number of likely N-dealkylation sites (tertiary alicyclic amines) is 1. The largest absolute Gasteiger partial charge is 0.480 e. The van der Waals surface area contributed by atoms with E-state index < -0.39 is 12.0 Å². The summed E-state index contributed by atoms with van der Waals surface area (Å²) in [6.07, 6.45) is 0.512. The number of hydrogen-bond donors (Lipinski definition) is 1. The third-order valence-electron chi connectivity index (χ3n) is 3.98. The van der Waals surface area contributed by atoms with Crippen LogP contribution in [-0.2, 0) is 16.0 Å². The van der Waals surface area contributed by atoms with E-state index in [0.29, 0.717) is 6.54 Å². The standard InChI is InChI=1S/C15H18N4O3/c1-10-4-2-3-5-12(10)7-13(15(21)22)19-9-11(6-14(19)20)8-17-18-16/h2-5,11,13H,6-9H2,1H3,(H,21,22)/t11?,13-/m0/s1. The van der Waals surface area contributed by atoms with Crippen LogP contribution in [0.4, 0.5) is 0 Å². The van der Waals surface area contributed by atoms with E-state index in [1.165, 1.54) is 4.90 Å². The van der Waals surface area contributed by atoms with Gasteiger partial charge in [0, 0.05) is 30.8 Å². The summed E-state index contributed by atoms with van der Waals surface area (Å²) in [5.74, 6) is -1.32. The van der Waals surface area contributed by atoms with Gasteiger partial charge in [0.1, 0.15) is 6.04 Å². The van der Waals surface area contributed by atoms with Crippen LogP contribution in [0, 0.1) is 12.8 Å². The molecule has 22 heavy (non-hydrogen) atoms. The number of aliphatic carboxylic acids is 1. The lowest BCUT2D eigenvalue weighted by molar-refractivity contribution is -0.148. The quantitative estimate of drug-likeness (QED) is 0.494. The minimum atomic E-state index is -1.01. The van der Waals surface area contributed by atoms with Crippen molar-refractivity contribution in [3.05, 3.63) is 45.8 Å². The Bertz CT molecular complexity index is 625. The van der Waals surface area contributed by atoms with Crippen LogP contribution in [0.5, 0.6) is 0 Å². The molecule has 1 aliphatic heterocycles. The van der Waals surface area contributed by atoms with Gasteiger partial charge >= 0.3 is 5.97 Å². The molecule has 0 bridgehead atoms. The van der Waals surface area contributed by atoms with Crippen molar-refractivity contribution < 1.29 is 14.7 Å². The SMILES string of the molecule is Cc1ccccc1C[C@@H](C(=O)O)N1CC(CN=[N+]=[N-])CC1=O. The molecule has 1 heterocycles. The molecule has 7 nitrogen and oxygen atoms in total. The van der Waals surface area contributed by atoms with Crippen LogP contribution in [0.2, 0.25) is 0 Å². The van der Waals surface area contributed by atoms with Crippen molar-refractivity contribution in [3.63, 3.8) is 0 Å². The number of hydrogen-bond acceptors (Lipinski definition) is 3. The number of carbonyl (C=O) groups excluding carboxylic acids is 1. The summed E-state index contributed by atoms with van der Waals surface area (Å²) in [6, 6.07) is 6.67. The van der Waals surface area contributed by atoms with Crippen LogP contribution in [0.15, 0.2) is 29.4 Å². The summed E-state index contributed by atoms with van der Waals surface area (Å²) >= 11 is 0. The molecule has 1 aliphatic rings. The number of carbonyl (C=O) groups is 2. The second kappa shape index (κ2) is 6.95. The van der Waals surface area contributed by atoms with Gasteiger partial charge in [-0.15, -0.1) is 0 Å². The zero-order valence-electron chi connectivity index (χ0n) is 12.3. The second-order valence-corrected chi connectivity index (χ2v) is 5.51. The molecule has 0 saturated carbocycles. The summed E-state index contributed by atoms with van der Waals surface area (Å²) in [6.45, 7) is 2.46. The highest BCUT2D eigenvalue weighted by molar-refractivity contribution is 5.85. The van der Waals surface area contributed by atoms with Gasteiger partial charge in [-0.25, -0.2) is 4.79 Å². The minimum absolute atomic E-state index is 0.109. The first-order valence-electron chi connectivity index (χ1n) is 7.10. The number of nitrogens with zero attached hydrogens (tertiary/aromatic N) is 4. The summed E-state index contributed by atoms with van der Waals surface area (Å²) in [5, 5.41) is 13.0. The van der Waals surface area contributed by atoms with Crippen LogP contribution in [0.1, 0.15) is 17.5 Å². The molecule has 2 atom stereocenters. The third-order valence-corrected chi connectivity index (χ3v) is 3.98. The van der Waals surface area contributed by atoms with Gasteiger partial charge < -0.3 is 10.0 Å². The predicted molar refractivity (Wildman–Crippen MR) is 80.1 cm³/mol. The van der Waals surface area contributed by atoms with Crippen molar-refractivity contribution in [2.24, 2.45) is 11.0 Å². The fraction of sp³-hybridized carbons (Fsp3) is 0.467. The maximum atomic E-state index is 12.1. The van der Waals surface area contributed by atoms with Crippen LogP contribution in [0.3, 0.4) is 0 Å². The molecule has 0 aliphatic carbocycles. The molecule has 116 valence electrons. The smallest absolute Gasteiger partial charge is 0.326 e. The molecule has 0 aromatic heterocycles. The fourth-order valence-electron chi connectivity index (χ4n) is 2.76. The lowest BCUT2D eigenvalue weighted by Crippen LogP contribution is -2.44. The summed E-state index contributed by atoms with van der Waals surface area (Å²) in [7, 11) is 0. The summed E-state index contributed by atoms with van der Waals surface area (Å²) in [5.41, 5.74) is 10.3. The monoisotopic (exact) mass is 302 g/mol. The van der Waals surface area contributed by atoms with Crippen molar-refractivity contribution in [2.75, 3.05) is 13.1 Å². The van der Waals surface area contributed by atoms with Crippen molar-refractivity contribution in [3.8, 4) is 0 Å². The first-order chi connectivity index (χ1) is 10.5. The average Bonchev–Trinajstić information content (AvgIpc) is 2.84. The molecule has 1 aromatic rings. The van der Waals surface area contributed by atoms with Gasteiger partial charge in [-0.2, -0.15) is 0 Å². The Morgan fingerprint density at radius 2 is 2.27 bits per heavy atom. The number of aryl methyl sites for hydroxylation is 1. The normalized spacial score (nSPS) is 18.9. The average molecular weight is 302 g/mol. The van der Waals surface area contributed by atoms with E-state index in [4.69, 9.17) is 5.53 Å². The molecule has 1 saturated heterocycles. The van der Waals surface area contributed by atoms with Crippen molar-refractivity contribution in [1.82, 2.24) is 4.90 Å². The van der Waals surface area contributed by atoms with Gasteiger partial charge in [-0.05, 0) is 29.5 Å². The molecule has 0 radical (unpaired) electrons. The van der Waals surface area contributed by atoms with Gasteiger partial charge in [-0.3, -0.25) is 4.79 Å². The molecular weight excluding hydrogens is 284 g/mol. The Kier molecular flexibility index (Phi) is 5.01. The molecule has 2 rings (SSSR count). The zero-order chi connectivity index (χ0) is 16.1. The summed E-state index contributed by atoms with van der Waals surface area (Å²) < 4.78 is 0. The van der Waals surface area contributed by atoms with E-state index in [9.17, 15) is 14.7 Å². The summed E-state index contributed by atoms with van der Waals surface area (Å²) in [4.78, 5) is 27.8. The van der Waals surface area contributed by atoms with Crippen molar-refractivity contribution in [2.45, 2.75) is 25.8 Å². The van der Waals surface area contributed by atoms with Gasteiger partial charge in [0.05, 0.1) is 0 Å². The third kappa shape index (κ3) is 3.56. The number of carboxylic acid groups (broad SMARTS) is 1. The molecule has 1 unspecified atom stereocenters. The van der Waals surface area contributed by atoms with Crippen LogP contribution < -0.4 is 0 Å². The molecule has 1 aromatic carbocycles. The molecule has 0 spiro atoms. The first-order valence-corrected chi connectivity index (χ1v) is 7.10. The number of amides is 1. The Morgan fingerprint density at radius 1 is 1.55 bits per heavy atom. The van der Waals surface area contributed by atoms with Crippen molar-refractivity contribution in [1.29, 1.82) is 0 Å². The van der Waals surface area contributed by atoms with Crippen molar-refractivity contribution >= 4 is 11.9 Å². The number of azide groups is 1. The number of carboxylic acids is 1. The Hall–Kier alpha value is -2.53. The van der Waals surface area contributed by atoms with Gasteiger partial charge in [-0.1, -0.05) is 29.4 Å². The maximum Gasteiger partial charge on any atom is 0.326 e. The Morgan fingerprint density at radius 3 is 2.91 bits per heavy atom. The lowest BCUT2D eigenvalue weighted by atomic mass is 10.0. The van der Waals surface area contributed by atoms with E-state index in [1.807, 2.05) is 31.2 Å². The number of rotatable bonds is 6. The van der Waals surface area contributed by atoms with E-state index >= 15 is 0 Å². The van der Waals surface area contributed by atoms with E-state index in [2.05, 4.69) is 10.0 Å². The molecule has 7 heteroatoms. The Labute approximate surface area is 128 Å². The molecule has 1 N–H and O–H groups in total. The van der Waals surface area contributed by atoms with E-state index in [1.54, 1.807) is 0 Å². The van der Waals surface area contributed by atoms with Gasteiger partial charge in [0.25, 0.3) is 0 Å². The highest BCUT2D eigenvalue weighted by Gasteiger charge is 2.37. The highest BCUT2D eigenvalue weighted by atomic mass is 16.4. The van der Waals surface area contributed by atoms with Crippen LogP contribution >= 0.6 is 0 Å². The van der Waals surface area contributed by atoms with Crippen LogP contribution in [0.25, 0.3) is 10.4 Å². The number of benzene rings is 1. The topological polar surface area (TPSA) is 106 Å². The maximum absolute atomic E-state index is 12.1. The van der Waals surface area contributed by atoms with Gasteiger partial charge in [0.15, 0.2) is 0 Å². The predicted octanol–water partition coefficient (Wildman–Crippen LogP) is 2.15. The molecule has 1 amide bonds. The van der Waals surface area contributed by atoms with E-state index in [-0.39, 0.29) is 31.2 Å². The van der Waals surface area contributed by atoms with Gasteiger partial charge in [0.2, 0.25) is 5.91 Å². The molecular formula is C15H18N4O3. The Balaban J connectivity index is 2.15. The van der Waals surface area contributed by atoms with Crippen LogP contribution in [-0.4, -0.2) is 41.0 Å². The zero-order valence-corrected chi connectivity index (χ0v) is 12.3. The highest BCUT2D eigenvalue weighted by Crippen LogP contribution is 2.23. The first kappa shape index (κ1) is 15.9. The van der Waals surface area contributed by atoms with E-state index in [0.717, 1.165) is 11.1 Å². The fourth-order valence-corrected chi connectivity index (χ4v) is 2.76. The minimum Gasteiger partial charge on any atom is -0.480 e. The molecule has 1 fully saturated rings. The lowest BCUT2D eigenvalue weighted by Gasteiger charge is -2.25. The second-order valence-electron chi connectivity index (χ2n) is 5.51.